The van der Waals surface area contributed by atoms with E-state index in [1.165, 1.54) is 11.8 Å². The average molecular weight is 339 g/mol. The van der Waals surface area contributed by atoms with Crippen molar-refractivity contribution in [2.45, 2.75) is 6.54 Å². The highest BCUT2D eigenvalue weighted by molar-refractivity contribution is 5.92. The van der Waals surface area contributed by atoms with Crippen molar-refractivity contribution in [3.8, 4) is 23.6 Å². The molecule has 2 aromatic rings. The Hall–Kier alpha value is -3.49. The Morgan fingerprint density at radius 2 is 2.12 bits per heavy atom. The van der Waals surface area contributed by atoms with Crippen LogP contribution < -0.4 is 15.2 Å². The summed E-state index contributed by atoms with van der Waals surface area (Å²) in [7, 11) is 3.05. The second-order valence-electron chi connectivity index (χ2n) is 4.95. The summed E-state index contributed by atoms with van der Waals surface area (Å²) in [6.07, 6.45) is 1.56. The fourth-order valence-electron chi connectivity index (χ4n) is 2.29. The van der Waals surface area contributed by atoms with Crippen molar-refractivity contribution in [3.63, 3.8) is 0 Å². The molecule has 1 heterocycles. The maximum atomic E-state index is 9.52. The number of rotatable bonds is 6. The third-order valence-electron chi connectivity index (χ3n) is 3.53. The number of aliphatic hydroxyl groups excluding tert-OH is 1. The zero-order valence-electron chi connectivity index (χ0n) is 13.9. The lowest BCUT2D eigenvalue weighted by atomic mass is 10.1. The van der Waals surface area contributed by atoms with Crippen molar-refractivity contribution < 1.29 is 14.6 Å². The van der Waals surface area contributed by atoms with Gasteiger partial charge in [0.2, 0.25) is 0 Å². The molecule has 1 aromatic carbocycles. The van der Waals surface area contributed by atoms with Crippen LogP contribution in [0.4, 0.5) is 5.82 Å². The van der Waals surface area contributed by atoms with Crippen LogP contribution in [-0.2, 0) is 6.54 Å². The van der Waals surface area contributed by atoms with Crippen molar-refractivity contribution in [2.75, 3.05) is 26.6 Å². The van der Waals surface area contributed by atoms with Crippen LogP contribution in [0, 0.1) is 22.7 Å². The minimum atomic E-state index is -0.186. The fraction of sp³-hybridized carbons (Fsp3) is 0.235. The van der Waals surface area contributed by atoms with E-state index in [0.717, 1.165) is 0 Å². The van der Waals surface area contributed by atoms with Gasteiger partial charge in [0, 0.05) is 11.6 Å². The quantitative estimate of drug-likeness (QED) is 0.761. The molecular formula is C17H17N5O3. The van der Waals surface area contributed by atoms with E-state index in [2.05, 4.69) is 5.10 Å². The van der Waals surface area contributed by atoms with E-state index in [4.69, 9.17) is 20.3 Å². The average Bonchev–Trinajstić information content (AvgIpc) is 2.95. The molecule has 0 amide bonds. The van der Waals surface area contributed by atoms with Gasteiger partial charge < -0.3 is 20.3 Å². The highest BCUT2D eigenvalue weighted by Gasteiger charge is 2.19. The van der Waals surface area contributed by atoms with Gasteiger partial charge in [-0.25, -0.2) is 4.68 Å². The summed E-state index contributed by atoms with van der Waals surface area (Å²) >= 11 is 0. The zero-order chi connectivity index (χ0) is 18.4. The number of nitriles is 2. The predicted molar refractivity (Wildman–Crippen MR) is 91.5 cm³/mol. The lowest BCUT2D eigenvalue weighted by molar-refractivity contribution is 0.270. The first-order valence-electron chi connectivity index (χ1n) is 7.31. The zero-order valence-corrected chi connectivity index (χ0v) is 13.9. The second kappa shape index (κ2) is 7.86. The molecule has 1 aromatic heterocycles. The Morgan fingerprint density at radius 3 is 2.68 bits per heavy atom. The minimum Gasteiger partial charge on any atom is -0.497 e. The number of aliphatic hydroxyl groups is 1. The molecule has 0 aliphatic rings. The van der Waals surface area contributed by atoms with E-state index in [0.29, 0.717) is 17.1 Å². The number of ether oxygens (including phenoxy) is 2. The largest absolute Gasteiger partial charge is 0.497 e. The molecule has 0 fully saturated rings. The summed E-state index contributed by atoms with van der Waals surface area (Å²) in [5, 5.41) is 32.1. The first-order chi connectivity index (χ1) is 12.1. The third-order valence-corrected chi connectivity index (χ3v) is 3.53. The lowest BCUT2D eigenvalue weighted by Crippen LogP contribution is -2.07. The van der Waals surface area contributed by atoms with Crippen molar-refractivity contribution in [1.29, 1.82) is 10.5 Å². The Kier molecular flexibility index (Phi) is 5.62. The molecule has 8 nitrogen and oxygen atoms in total. The number of nitrogens with two attached hydrogens (primary N) is 1. The number of anilines is 1. The van der Waals surface area contributed by atoms with E-state index in [9.17, 15) is 10.5 Å². The molecule has 0 atom stereocenters. The van der Waals surface area contributed by atoms with Crippen molar-refractivity contribution in [2.24, 2.45) is 0 Å². The van der Waals surface area contributed by atoms with Crippen molar-refractivity contribution in [1.82, 2.24) is 9.78 Å². The molecule has 0 spiro atoms. The Bertz CT molecular complexity index is 887. The Labute approximate surface area is 144 Å². The molecule has 0 aliphatic carbocycles. The molecule has 0 unspecified atom stereocenters. The summed E-state index contributed by atoms with van der Waals surface area (Å²) in [6.45, 7) is -0.0564. The number of methoxy groups -OCH3 is 2. The van der Waals surface area contributed by atoms with E-state index in [1.54, 1.807) is 31.4 Å². The first kappa shape index (κ1) is 17.9. The van der Waals surface area contributed by atoms with Gasteiger partial charge in [0.25, 0.3) is 0 Å². The van der Waals surface area contributed by atoms with Crippen LogP contribution in [0.2, 0.25) is 0 Å². The molecule has 0 bridgehead atoms. The molecule has 2 rings (SSSR count). The molecule has 25 heavy (non-hydrogen) atoms. The molecule has 0 saturated carbocycles. The van der Waals surface area contributed by atoms with Crippen molar-refractivity contribution >= 4 is 17.5 Å². The van der Waals surface area contributed by atoms with Gasteiger partial charge in [-0.15, -0.1) is 0 Å². The maximum absolute atomic E-state index is 9.52. The van der Waals surface area contributed by atoms with Crippen LogP contribution in [0.25, 0.3) is 11.6 Å². The van der Waals surface area contributed by atoms with Crippen LogP contribution in [0.3, 0.4) is 0 Å². The summed E-state index contributed by atoms with van der Waals surface area (Å²) < 4.78 is 11.8. The molecule has 0 aliphatic heterocycles. The summed E-state index contributed by atoms with van der Waals surface area (Å²) in [5.74, 6) is 1.23. The van der Waals surface area contributed by atoms with Crippen LogP contribution in [0.1, 0.15) is 16.8 Å². The van der Waals surface area contributed by atoms with Gasteiger partial charge in [0.05, 0.1) is 32.9 Å². The maximum Gasteiger partial charge on any atom is 0.140 e. The lowest BCUT2D eigenvalue weighted by Gasteiger charge is -2.07. The van der Waals surface area contributed by atoms with Crippen LogP contribution >= 0.6 is 0 Å². The van der Waals surface area contributed by atoms with Gasteiger partial charge in [-0.1, -0.05) is 0 Å². The number of hydrogen-bond donors (Lipinski definition) is 2. The smallest absolute Gasteiger partial charge is 0.140 e. The molecule has 8 heteroatoms. The fourth-order valence-corrected chi connectivity index (χ4v) is 2.29. The predicted octanol–water partition coefficient (Wildman–Crippen LogP) is 1.41. The number of allylic oxidation sites excluding steroid dienone is 1. The molecular weight excluding hydrogens is 322 g/mol. The van der Waals surface area contributed by atoms with Gasteiger partial charge in [-0.2, -0.15) is 15.6 Å². The number of aromatic nitrogens is 2. The van der Waals surface area contributed by atoms with Gasteiger partial charge in [-0.3, -0.25) is 0 Å². The van der Waals surface area contributed by atoms with Gasteiger partial charge >= 0.3 is 0 Å². The summed E-state index contributed by atoms with van der Waals surface area (Å²) in [6, 6.07) is 9.14. The second-order valence-corrected chi connectivity index (χ2v) is 4.95. The third kappa shape index (κ3) is 3.55. The standard InChI is InChI=1S/C17H17N5O3/c1-24-13-4-3-11(15(8-13)25-2)7-12(9-18)16-14(10-19)17(20)22(21-16)5-6-23/h3-4,7-8,23H,5-6,20H2,1-2H3. The Balaban J connectivity index is 2.58. The number of benzene rings is 1. The molecule has 3 N–H and O–H groups in total. The monoisotopic (exact) mass is 339 g/mol. The highest BCUT2D eigenvalue weighted by atomic mass is 16.5. The van der Waals surface area contributed by atoms with Gasteiger partial charge in [0.1, 0.15) is 40.7 Å². The normalized spacial score (nSPS) is 10.8. The van der Waals surface area contributed by atoms with Crippen LogP contribution in [0.15, 0.2) is 18.2 Å². The van der Waals surface area contributed by atoms with Gasteiger partial charge in [0.15, 0.2) is 0 Å². The molecule has 0 radical (unpaired) electrons. The minimum absolute atomic E-state index is 0.0914. The van der Waals surface area contributed by atoms with Crippen LogP contribution in [0.5, 0.6) is 11.5 Å². The SMILES string of the molecule is COc1ccc(C=C(C#N)c2nn(CCO)c(N)c2C#N)c(OC)c1. The first-order valence-corrected chi connectivity index (χ1v) is 7.31. The van der Waals surface area contributed by atoms with E-state index < -0.39 is 0 Å². The molecule has 128 valence electrons. The van der Waals surface area contributed by atoms with E-state index >= 15 is 0 Å². The van der Waals surface area contributed by atoms with Gasteiger partial charge in [-0.05, 0) is 18.2 Å². The van der Waals surface area contributed by atoms with E-state index in [-0.39, 0.29) is 35.8 Å². The number of nitrogen functional groups attached to an aromatic ring is 1. The highest BCUT2D eigenvalue weighted by Crippen LogP contribution is 2.30. The van der Waals surface area contributed by atoms with Crippen LogP contribution in [-0.4, -0.2) is 35.7 Å². The summed E-state index contributed by atoms with van der Waals surface area (Å²) in [4.78, 5) is 0. The topological polar surface area (TPSA) is 130 Å². The summed E-state index contributed by atoms with van der Waals surface area (Å²) in [5.41, 5.74) is 6.90. The molecule has 0 saturated heterocycles. The van der Waals surface area contributed by atoms with E-state index in [1.807, 2.05) is 12.1 Å². The Morgan fingerprint density at radius 1 is 1.36 bits per heavy atom. The number of hydrogen-bond acceptors (Lipinski definition) is 7. The number of nitrogens with zero attached hydrogens (tertiary/aromatic N) is 4. The van der Waals surface area contributed by atoms with Crippen molar-refractivity contribution in [3.05, 3.63) is 35.0 Å².